The summed E-state index contributed by atoms with van der Waals surface area (Å²) in [4.78, 5) is 22.6. The molecule has 1 heterocycles. The Morgan fingerprint density at radius 1 is 1.15 bits per heavy atom. The zero-order valence-corrected chi connectivity index (χ0v) is 15.1. The maximum atomic E-state index is 11.9. The Balaban J connectivity index is 2.60. The molecule has 26 heavy (non-hydrogen) atoms. The topological polar surface area (TPSA) is 145 Å². The van der Waals surface area contributed by atoms with Crippen LogP contribution in [0.5, 0.6) is 0 Å². The second-order valence-corrected chi connectivity index (χ2v) is 6.65. The molecular formula is C17H24N4O5. The lowest BCUT2D eigenvalue weighted by Crippen LogP contribution is -2.28. The van der Waals surface area contributed by atoms with Crippen LogP contribution in [0.25, 0.3) is 0 Å². The molecule has 0 aromatic carbocycles. The summed E-state index contributed by atoms with van der Waals surface area (Å²) in [7, 11) is 0. The van der Waals surface area contributed by atoms with E-state index in [4.69, 9.17) is 14.6 Å². The Morgan fingerprint density at radius 3 is 2.19 bits per heavy atom. The molecule has 0 saturated carbocycles. The predicted octanol–water partition coefficient (Wildman–Crippen LogP) is 2.72. The fraction of sp³-hybridized carbons (Fsp3) is 0.765. The van der Waals surface area contributed by atoms with Gasteiger partial charge in [0, 0.05) is 19.3 Å². The highest BCUT2D eigenvalue weighted by Gasteiger charge is 2.30. The van der Waals surface area contributed by atoms with Crippen LogP contribution in [0.15, 0.2) is 10.2 Å². The Morgan fingerprint density at radius 2 is 1.73 bits per heavy atom. The van der Waals surface area contributed by atoms with E-state index >= 15 is 0 Å². The third-order valence-electron chi connectivity index (χ3n) is 4.02. The summed E-state index contributed by atoms with van der Waals surface area (Å²) in [6, 6.07) is 3.88. The molecule has 1 fully saturated rings. The summed E-state index contributed by atoms with van der Waals surface area (Å²) in [5.41, 5.74) is -2.65. The first-order valence-electron chi connectivity index (χ1n) is 8.51. The van der Waals surface area contributed by atoms with Gasteiger partial charge in [-0.25, -0.2) is 0 Å². The van der Waals surface area contributed by atoms with Crippen LogP contribution < -0.4 is 0 Å². The molecule has 9 nitrogen and oxygen atoms in total. The first-order chi connectivity index (χ1) is 12.2. The van der Waals surface area contributed by atoms with E-state index < -0.39 is 29.3 Å². The number of hydrogen-bond acceptors (Lipinski definition) is 8. The molecule has 3 unspecified atom stereocenters. The normalized spacial score (nSPS) is 21.8. The van der Waals surface area contributed by atoms with E-state index in [1.54, 1.807) is 0 Å². The van der Waals surface area contributed by atoms with Crippen molar-refractivity contribution in [3.05, 3.63) is 0 Å². The predicted molar refractivity (Wildman–Crippen MR) is 88.7 cm³/mol. The highest BCUT2D eigenvalue weighted by molar-refractivity contribution is 5.69. The summed E-state index contributed by atoms with van der Waals surface area (Å²) in [6.07, 6.45) is 1.77. The van der Waals surface area contributed by atoms with E-state index in [1.807, 2.05) is 12.1 Å². The van der Waals surface area contributed by atoms with Crippen molar-refractivity contribution >= 4 is 11.9 Å². The molecule has 9 heteroatoms. The molecule has 0 aliphatic carbocycles. The van der Waals surface area contributed by atoms with Crippen LogP contribution in [0.4, 0.5) is 0 Å². The number of ether oxygens (including phenoxy) is 2. The third-order valence-corrected chi connectivity index (χ3v) is 4.02. The number of carboxylic acid groups (broad SMARTS) is 1. The number of azo groups is 1. The first-order valence-corrected chi connectivity index (χ1v) is 8.51. The van der Waals surface area contributed by atoms with Gasteiger partial charge >= 0.3 is 11.9 Å². The van der Waals surface area contributed by atoms with Gasteiger partial charge in [-0.3, -0.25) is 9.59 Å². The van der Waals surface area contributed by atoms with Crippen molar-refractivity contribution in [1.82, 2.24) is 0 Å². The minimum Gasteiger partial charge on any atom is -0.481 e. The average molecular weight is 364 g/mol. The summed E-state index contributed by atoms with van der Waals surface area (Å²) in [5.74, 6) is -1.53. The number of carboxylic acids is 1. The monoisotopic (exact) mass is 364 g/mol. The van der Waals surface area contributed by atoms with E-state index in [9.17, 15) is 20.1 Å². The maximum absolute atomic E-state index is 11.9. The molecule has 1 rings (SSSR count). The van der Waals surface area contributed by atoms with E-state index in [0.717, 1.165) is 12.8 Å². The van der Waals surface area contributed by atoms with Crippen LogP contribution in [-0.4, -0.2) is 41.0 Å². The Bertz CT molecular complexity index is 618. The number of nitriles is 2. The quantitative estimate of drug-likeness (QED) is 0.489. The van der Waals surface area contributed by atoms with Crippen molar-refractivity contribution in [2.24, 2.45) is 10.2 Å². The van der Waals surface area contributed by atoms with E-state index in [0.29, 0.717) is 13.0 Å². The number of aliphatic carboxylic acids is 1. The van der Waals surface area contributed by atoms with E-state index in [2.05, 4.69) is 10.2 Å². The Kier molecular flexibility index (Phi) is 8.14. The van der Waals surface area contributed by atoms with Gasteiger partial charge in [0.15, 0.2) is 11.1 Å². The summed E-state index contributed by atoms with van der Waals surface area (Å²) >= 11 is 0. The van der Waals surface area contributed by atoms with Crippen molar-refractivity contribution in [1.29, 1.82) is 10.5 Å². The molecule has 3 atom stereocenters. The van der Waals surface area contributed by atoms with Crippen molar-refractivity contribution < 1.29 is 24.2 Å². The molecule has 0 radical (unpaired) electrons. The molecule has 0 spiro atoms. The number of rotatable bonds is 9. The Hall–Kier alpha value is -2.52. The van der Waals surface area contributed by atoms with Crippen molar-refractivity contribution in [3.8, 4) is 12.1 Å². The largest absolute Gasteiger partial charge is 0.481 e. The lowest BCUT2D eigenvalue weighted by molar-refractivity contribution is -0.187. The average Bonchev–Trinajstić information content (AvgIpc) is 2.64. The molecular weight excluding hydrogens is 340 g/mol. The molecule has 0 amide bonds. The standard InChI is InChI=1S/C17H24N4O5/c1-16(11-18,8-6-13(22)23)20-21-17(2,12-19)9-7-14(24)26-15-5-3-4-10-25-15/h15H,3-10H2,1-2H3,(H,22,23). The summed E-state index contributed by atoms with van der Waals surface area (Å²) in [6.45, 7) is 3.51. The number of nitrogens with zero attached hydrogens (tertiary/aromatic N) is 4. The van der Waals surface area contributed by atoms with Crippen molar-refractivity contribution in [2.75, 3.05) is 6.61 Å². The van der Waals surface area contributed by atoms with Crippen LogP contribution in [0.2, 0.25) is 0 Å². The lowest BCUT2D eigenvalue weighted by atomic mass is 9.97. The van der Waals surface area contributed by atoms with Gasteiger partial charge in [0.25, 0.3) is 0 Å². The third kappa shape index (κ3) is 7.58. The van der Waals surface area contributed by atoms with Crippen molar-refractivity contribution in [3.63, 3.8) is 0 Å². The number of carbonyl (C=O) groups is 2. The second kappa shape index (κ2) is 9.83. The highest BCUT2D eigenvalue weighted by atomic mass is 16.7. The van der Waals surface area contributed by atoms with Crippen LogP contribution in [0.1, 0.15) is 58.8 Å². The number of carbonyl (C=O) groups excluding carboxylic acids is 1. The molecule has 1 aliphatic heterocycles. The van der Waals surface area contributed by atoms with Gasteiger partial charge in [0.1, 0.15) is 0 Å². The lowest BCUT2D eigenvalue weighted by Gasteiger charge is -2.23. The first kappa shape index (κ1) is 21.5. The van der Waals surface area contributed by atoms with Gasteiger partial charge in [0.05, 0.1) is 18.7 Å². The smallest absolute Gasteiger partial charge is 0.308 e. The zero-order chi connectivity index (χ0) is 19.6. The fourth-order valence-corrected chi connectivity index (χ4v) is 2.18. The van der Waals surface area contributed by atoms with Gasteiger partial charge in [-0.15, -0.1) is 0 Å². The minimum atomic E-state index is -1.34. The van der Waals surface area contributed by atoms with Gasteiger partial charge in [0.2, 0.25) is 6.29 Å². The second-order valence-electron chi connectivity index (χ2n) is 6.65. The molecule has 0 aromatic heterocycles. The maximum Gasteiger partial charge on any atom is 0.308 e. The SMILES string of the molecule is CC(C#N)(CCC(=O)O)N=NC(C)(C#N)CCC(=O)OC1CCCCO1. The Labute approximate surface area is 152 Å². The molecule has 0 bridgehead atoms. The summed E-state index contributed by atoms with van der Waals surface area (Å²) in [5, 5.41) is 35.1. The van der Waals surface area contributed by atoms with Gasteiger partial charge < -0.3 is 14.6 Å². The minimum absolute atomic E-state index is 0.0229. The van der Waals surface area contributed by atoms with Gasteiger partial charge in [-0.2, -0.15) is 20.8 Å². The van der Waals surface area contributed by atoms with Crippen LogP contribution in [-0.2, 0) is 19.1 Å². The number of esters is 1. The fourth-order valence-electron chi connectivity index (χ4n) is 2.18. The van der Waals surface area contributed by atoms with Crippen LogP contribution >= 0.6 is 0 Å². The molecule has 0 aromatic rings. The van der Waals surface area contributed by atoms with Crippen LogP contribution in [0, 0.1) is 22.7 Å². The summed E-state index contributed by atoms with van der Waals surface area (Å²) < 4.78 is 10.5. The zero-order valence-electron chi connectivity index (χ0n) is 15.1. The number of hydrogen-bond donors (Lipinski definition) is 1. The van der Waals surface area contributed by atoms with Gasteiger partial charge in [-0.1, -0.05) is 0 Å². The molecule has 1 saturated heterocycles. The highest BCUT2D eigenvalue weighted by Crippen LogP contribution is 2.24. The van der Waals surface area contributed by atoms with Crippen molar-refractivity contribution in [2.45, 2.75) is 76.2 Å². The molecule has 1 aliphatic rings. The van der Waals surface area contributed by atoms with Gasteiger partial charge in [-0.05, 0) is 39.5 Å². The molecule has 142 valence electrons. The van der Waals surface area contributed by atoms with E-state index in [1.165, 1.54) is 13.8 Å². The van der Waals surface area contributed by atoms with Crippen LogP contribution in [0.3, 0.4) is 0 Å². The van der Waals surface area contributed by atoms with E-state index in [-0.39, 0.29) is 25.7 Å². The molecule has 1 N–H and O–H groups in total.